The number of ether oxygens (including phenoxy) is 1. The largest absolute Gasteiger partial charge is 0.494 e. The molecule has 0 fully saturated rings. The molecule has 2 heterocycles. The van der Waals surface area contributed by atoms with Crippen LogP contribution in [0.15, 0.2) is 68.8 Å². The molecule has 6 nitrogen and oxygen atoms in total. The molecule has 3 rings (SSSR count). The first-order valence-corrected chi connectivity index (χ1v) is 10.8. The number of furan rings is 1. The van der Waals surface area contributed by atoms with Crippen LogP contribution in [0.3, 0.4) is 0 Å². The second-order valence-electron chi connectivity index (χ2n) is 5.65. The third-order valence-electron chi connectivity index (χ3n) is 3.89. The molecule has 27 heavy (non-hydrogen) atoms. The minimum atomic E-state index is -3.68. The van der Waals surface area contributed by atoms with Gasteiger partial charge >= 0.3 is 0 Å². The van der Waals surface area contributed by atoms with Crippen molar-refractivity contribution in [3.05, 3.63) is 71.5 Å². The molecule has 2 aromatic heterocycles. The molecule has 0 saturated heterocycles. The Morgan fingerprint density at radius 1 is 1.19 bits per heavy atom. The molecule has 0 aliphatic rings. The van der Waals surface area contributed by atoms with Crippen molar-refractivity contribution in [2.45, 2.75) is 16.4 Å². The van der Waals surface area contributed by atoms with Crippen LogP contribution in [0.25, 0.3) is 0 Å². The fourth-order valence-electron chi connectivity index (χ4n) is 2.56. The summed E-state index contributed by atoms with van der Waals surface area (Å²) in [4.78, 5) is 12.4. The second kappa shape index (κ2) is 8.41. The van der Waals surface area contributed by atoms with Gasteiger partial charge in [-0.2, -0.15) is 0 Å². The van der Waals surface area contributed by atoms with E-state index in [1.165, 1.54) is 6.26 Å². The van der Waals surface area contributed by atoms with E-state index in [-0.39, 0.29) is 22.4 Å². The van der Waals surface area contributed by atoms with Gasteiger partial charge in [-0.1, -0.05) is 6.07 Å². The van der Waals surface area contributed by atoms with E-state index in [9.17, 15) is 13.2 Å². The Balaban J connectivity index is 1.76. The molecule has 1 atom stereocenters. The van der Waals surface area contributed by atoms with E-state index in [1.807, 2.05) is 6.92 Å². The quantitative estimate of drug-likeness (QED) is 0.618. The first-order valence-electron chi connectivity index (χ1n) is 8.34. The number of carbonyl (C=O) groups is 1. The van der Waals surface area contributed by atoms with Crippen LogP contribution in [0.5, 0.6) is 5.75 Å². The Morgan fingerprint density at radius 2 is 1.96 bits per heavy atom. The van der Waals surface area contributed by atoms with Gasteiger partial charge in [0.25, 0.3) is 5.91 Å². The number of hydrogen-bond donors (Lipinski definition) is 1. The summed E-state index contributed by atoms with van der Waals surface area (Å²) in [6.45, 7) is 2.32. The molecule has 0 aliphatic carbocycles. The van der Waals surface area contributed by atoms with E-state index in [2.05, 4.69) is 5.32 Å². The van der Waals surface area contributed by atoms with Crippen LogP contribution in [-0.4, -0.2) is 27.5 Å². The third-order valence-corrected chi connectivity index (χ3v) is 7.38. The molecule has 0 bridgehead atoms. The fourth-order valence-corrected chi connectivity index (χ4v) is 5.35. The van der Waals surface area contributed by atoms with Gasteiger partial charge in [0.15, 0.2) is 9.84 Å². The Kier molecular flexibility index (Phi) is 5.98. The Hall–Kier alpha value is -2.58. The fraction of sp³-hybridized carbons (Fsp3) is 0.211. The van der Waals surface area contributed by atoms with E-state index < -0.39 is 15.1 Å². The van der Waals surface area contributed by atoms with Crippen molar-refractivity contribution < 1.29 is 22.4 Å². The Bertz CT molecular complexity index is 962. The number of benzene rings is 1. The summed E-state index contributed by atoms with van der Waals surface area (Å²) in [6.07, 6.45) is 1.42. The van der Waals surface area contributed by atoms with Gasteiger partial charge in [0, 0.05) is 12.1 Å². The zero-order valence-electron chi connectivity index (χ0n) is 14.6. The Labute approximate surface area is 161 Å². The summed E-state index contributed by atoms with van der Waals surface area (Å²) < 4.78 is 36.8. The first kappa shape index (κ1) is 19.2. The predicted molar refractivity (Wildman–Crippen MR) is 103 cm³/mol. The molecule has 0 saturated carbocycles. The number of carbonyl (C=O) groups excluding carboxylic acids is 1. The maximum absolute atomic E-state index is 12.9. The van der Waals surface area contributed by atoms with Crippen LogP contribution < -0.4 is 10.1 Å². The van der Waals surface area contributed by atoms with Crippen LogP contribution in [0, 0.1) is 0 Å². The molecule has 142 valence electrons. The lowest BCUT2D eigenvalue weighted by Gasteiger charge is -2.15. The maximum atomic E-state index is 12.9. The summed E-state index contributed by atoms with van der Waals surface area (Å²) in [7, 11) is -3.68. The number of nitrogens with one attached hydrogen (secondary N) is 1. The molecular weight excluding hydrogens is 386 g/mol. The molecule has 3 aromatic rings. The van der Waals surface area contributed by atoms with Crippen molar-refractivity contribution in [2.24, 2.45) is 0 Å². The lowest BCUT2D eigenvalue weighted by Crippen LogP contribution is -2.31. The van der Waals surface area contributed by atoms with Gasteiger partial charge in [-0.05, 0) is 54.8 Å². The zero-order chi connectivity index (χ0) is 19.3. The lowest BCUT2D eigenvalue weighted by atomic mass is 10.2. The maximum Gasteiger partial charge on any atom is 0.251 e. The zero-order valence-corrected chi connectivity index (χ0v) is 16.3. The average Bonchev–Trinajstić information content (AvgIpc) is 3.37. The van der Waals surface area contributed by atoms with Crippen molar-refractivity contribution >= 4 is 27.1 Å². The number of amides is 1. The van der Waals surface area contributed by atoms with Crippen LogP contribution in [0.1, 0.15) is 28.3 Å². The van der Waals surface area contributed by atoms with Crippen molar-refractivity contribution in [1.29, 1.82) is 0 Å². The smallest absolute Gasteiger partial charge is 0.251 e. The van der Waals surface area contributed by atoms with Crippen molar-refractivity contribution in [3.63, 3.8) is 0 Å². The predicted octanol–water partition coefficient (Wildman–Crippen LogP) is 3.68. The van der Waals surface area contributed by atoms with Gasteiger partial charge in [0.2, 0.25) is 0 Å². The minimum absolute atomic E-state index is 0.0974. The monoisotopic (exact) mass is 405 g/mol. The van der Waals surface area contributed by atoms with E-state index in [1.54, 1.807) is 53.9 Å². The van der Waals surface area contributed by atoms with Gasteiger partial charge < -0.3 is 14.5 Å². The van der Waals surface area contributed by atoms with E-state index in [0.717, 1.165) is 11.3 Å². The van der Waals surface area contributed by atoms with Gasteiger partial charge in [0.1, 0.15) is 21.0 Å². The third kappa shape index (κ3) is 4.40. The standard InChI is InChI=1S/C19H19NO5S2/c1-2-24-15-9-7-14(8-10-15)19(21)20-13-17(16-5-3-11-25-16)27(22,23)18-6-4-12-26-18/h3-12,17H,2,13H2,1H3,(H,20,21)/t17-/m0/s1. The molecular formula is C19H19NO5S2. The summed E-state index contributed by atoms with van der Waals surface area (Å²) in [6, 6.07) is 13.1. The summed E-state index contributed by atoms with van der Waals surface area (Å²) in [5, 5.41) is 3.39. The summed E-state index contributed by atoms with van der Waals surface area (Å²) >= 11 is 1.14. The molecule has 1 N–H and O–H groups in total. The highest BCUT2D eigenvalue weighted by Crippen LogP contribution is 2.31. The van der Waals surface area contributed by atoms with Crippen molar-refractivity contribution in [3.8, 4) is 5.75 Å². The average molecular weight is 405 g/mol. The lowest BCUT2D eigenvalue weighted by molar-refractivity contribution is 0.0953. The minimum Gasteiger partial charge on any atom is -0.494 e. The van der Waals surface area contributed by atoms with Crippen LogP contribution in [-0.2, 0) is 9.84 Å². The highest BCUT2D eigenvalue weighted by molar-refractivity contribution is 7.93. The molecule has 0 radical (unpaired) electrons. The topological polar surface area (TPSA) is 85.6 Å². The second-order valence-corrected chi connectivity index (χ2v) is 8.95. The van der Waals surface area contributed by atoms with E-state index in [4.69, 9.17) is 9.15 Å². The molecule has 0 spiro atoms. The molecule has 0 unspecified atom stereocenters. The highest BCUT2D eigenvalue weighted by atomic mass is 32.2. The number of thiophene rings is 1. The summed E-state index contributed by atoms with van der Waals surface area (Å²) in [5.74, 6) is 0.592. The normalized spacial score (nSPS) is 12.5. The van der Waals surface area contributed by atoms with Crippen LogP contribution in [0.2, 0.25) is 0 Å². The molecule has 1 amide bonds. The number of hydrogen-bond acceptors (Lipinski definition) is 6. The van der Waals surface area contributed by atoms with Crippen molar-refractivity contribution in [2.75, 3.05) is 13.2 Å². The van der Waals surface area contributed by atoms with Crippen LogP contribution in [0.4, 0.5) is 0 Å². The van der Waals surface area contributed by atoms with Gasteiger partial charge in [-0.15, -0.1) is 11.3 Å². The van der Waals surface area contributed by atoms with E-state index in [0.29, 0.717) is 17.9 Å². The van der Waals surface area contributed by atoms with Crippen LogP contribution >= 0.6 is 11.3 Å². The molecule has 1 aromatic carbocycles. The number of sulfone groups is 1. The van der Waals surface area contributed by atoms with Crippen molar-refractivity contribution in [1.82, 2.24) is 5.32 Å². The van der Waals surface area contributed by atoms with Gasteiger partial charge in [0.05, 0.1) is 12.9 Å². The first-order chi connectivity index (χ1) is 13.0. The number of rotatable bonds is 8. The molecule has 8 heteroatoms. The highest BCUT2D eigenvalue weighted by Gasteiger charge is 2.32. The Morgan fingerprint density at radius 3 is 2.56 bits per heavy atom. The van der Waals surface area contributed by atoms with E-state index >= 15 is 0 Å². The van der Waals surface area contributed by atoms with Gasteiger partial charge in [-0.25, -0.2) is 8.42 Å². The molecule has 0 aliphatic heterocycles. The van der Waals surface area contributed by atoms with Gasteiger partial charge in [-0.3, -0.25) is 4.79 Å². The SMILES string of the molecule is CCOc1ccc(C(=O)NC[C@@H](c2ccco2)S(=O)(=O)c2cccs2)cc1. The summed E-state index contributed by atoms with van der Waals surface area (Å²) in [5.41, 5.74) is 0.421.